The van der Waals surface area contributed by atoms with Crippen molar-refractivity contribution in [3.8, 4) is 0 Å². The van der Waals surface area contributed by atoms with Crippen molar-refractivity contribution in [2.75, 3.05) is 13.4 Å². The number of rotatable bonds is 4. The number of carbonyl (C=O) groups is 1. The summed E-state index contributed by atoms with van der Waals surface area (Å²) in [5, 5.41) is 0. The van der Waals surface area contributed by atoms with E-state index in [2.05, 4.69) is 8.92 Å². The van der Waals surface area contributed by atoms with Gasteiger partial charge in [-0.1, -0.05) is 6.92 Å². The minimum atomic E-state index is -3.59. The Morgan fingerprint density at radius 1 is 1.50 bits per heavy atom. The van der Waals surface area contributed by atoms with Crippen LogP contribution in [0, 0.1) is 0 Å². The fraction of sp³-hybridized carbons (Fsp3) is 0.833. The summed E-state index contributed by atoms with van der Waals surface area (Å²) in [4.78, 5) is 10.8. The smallest absolute Gasteiger partial charge is 0.336 e. The number of methoxy groups -OCH3 is 1. The van der Waals surface area contributed by atoms with E-state index in [1.54, 1.807) is 6.92 Å². The summed E-state index contributed by atoms with van der Waals surface area (Å²) in [6, 6.07) is 0. The zero-order chi connectivity index (χ0) is 9.78. The zero-order valence-corrected chi connectivity index (χ0v) is 8.05. The van der Waals surface area contributed by atoms with Crippen LogP contribution in [0.5, 0.6) is 0 Å². The van der Waals surface area contributed by atoms with Gasteiger partial charge in [0.25, 0.3) is 10.1 Å². The van der Waals surface area contributed by atoms with Gasteiger partial charge in [0.2, 0.25) is 0 Å². The average molecular weight is 196 g/mol. The van der Waals surface area contributed by atoms with E-state index in [0.29, 0.717) is 0 Å². The van der Waals surface area contributed by atoms with Crippen LogP contribution < -0.4 is 0 Å². The summed E-state index contributed by atoms with van der Waals surface area (Å²) in [6.07, 6.45) is 0.128. The van der Waals surface area contributed by atoms with Gasteiger partial charge in [0.1, 0.15) is 0 Å². The van der Waals surface area contributed by atoms with E-state index in [0.717, 1.165) is 6.26 Å². The van der Waals surface area contributed by atoms with E-state index in [4.69, 9.17) is 0 Å². The number of ether oxygens (including phenoxy) is 1. The normalized spacial score (nSPS) is 13.9. The molecule has 0 amide bonds. The third kappa shape index (κ3) is 4.30. The number of hydrogen-bond donors (Lipinski definition) is 0. The van der Waals surface area contributed by atoms with Crippen LogP contribution in [0.4, 0.5) is 0 Å². The molecule has 0 aliphatic heterocycles. The van der Waals surface area contributed by atoms with E-state index in [-0.39, 0.29) is 6.42 Å². The fourth-order valence-corrected chi connectivity index (χ4v) is 1.25. The predicted molar refractivity (Wildman–Crippen MR) is 42.0 cm³/mol. The molecule has 0 heterocycles. The lowest BCUT2D eigenvalue weighted by Crippen LogP contribution is -2.27. The van der Waals surface area contributed by atoms with E-state index >= 15 is 0 Å². The van der Waals surface area contributed by atoms with Crippen LogP contribution in [-0.4, -0.2) is 33.9 Å². The van der Waals surface area contributed by atoms with Crippen LogP contribution in [-0.2, 0) is 23.8 Å². The average Bonchev–Trinajstić information content (AvgIpc) is 1.97. The lowest BCUT2D eigenvalue weighted by molar-refractivity contribution is -0.148. The molecule has 6 heteroatoms. The SMILES string of the molecule is CCC(OS(C)(=O)=O)C(=O)OC. The van der Waals surface area contributed by atoms with Crippen molar-refractivity contribution in [1.29, 1.82) is 0 Å². The maximum atomic E-state index is 10.8. The first-order valence-electron chi connectivity index (χ1n) is 3.36. The van der Waals surface area contributed by atoms with Gasteiger partial charge in [0, 0.05) is 0 Å². The first-order chi connectivity index (χ1) is 5.40. The molecule has 0 saturated heterocycles. The van der Waals surface area contributed by atoms with E-state index < -0.39 is 22.2 Å². The highest BCUT2D eigenvalue weighted by molar-refractivity contribution is 7.86. The lowest BCUT2D eigenvalue weighted by Gasteiger charge is -2.10. The molecule has 0 aliphatic rings. The van der Waals surface area contributed by atoms with Gasteiger partial charge < -0.3 is 4.74 Å². The van der Waals surface area contributed by atoms with Gasteiger partial charge in [-0.05, 0) is 6.42 Å². The predicted octanol–water partition coefficient (Wildman–Crippen LogP) is -0.0858. The lowest BCUT2D eigenvalue weighted by atomic mass is 10.3. The van der Waals surface area contributed by atoms with Crippen LogP contribution in [0.3, 0.4) is 0 Å². The van der Waals surface area contributed by atoms with Crippen LogP contribution in [0.15, 0.2) is 0 Å². The quantitative estimate of drug-likeness (QED) is 0.464. The van der Waals surface area contributed by atoms with Crippen molar-refractivity contribution in [1.82, 2.24) is 0 Å². The number of hydrogen-bond acceptors (Lipinski definition) is 5. The molecule has 0 spiro atoms. The molecule has 1 atom stereocenters. The Labute approximate surface area is 71.8 Å². The van der Waals surface area contributed by atoms with Crippen LogP contribution in [0.25, 0.3) is 0 Å². The van der Waals surface area contributed by atoms with Gasteiger partial charge in [-0.3, -0.25) is 4.18 Å². The Bertz CT molecular complexity index is 243. The van der Waals surface area contributed by atoms with Gasteiger partial charge >= 0.3 is 5.97 Å². The van der Waals surface area contributed by atoms with Crippen molar-refractivity contribution in [2.24, 2.45) is 0 Å². The second-order valence-corrected chi connectivity index (χ2v) is 3.82. The van der Waals surface area contributed by atoms with Crippen molar-refractivity contribution < 1.29 is 22.1 Å². The number of carbonyl (C=O) groups excluding carboxylic acids is 1. The first kappa shape index (κ1) is 11.4. The molecule has 0 bridgehead atoms. The molecule has 0 aromatic rings. The third-order valence-corrected chi connectivity index (χ3v) is 1.71. The summed E-state index contributed by atoms with van der Waals surface area (Å²) in [6.45, 7) is 1.63. The highest BCUT2D eigenvalue weighted by Crippen LogP contribution is 2.03. The van der Waals surface area contributed by atoms with Gasteiger partial charge in [0.15, 0.2) is 6.10 Å². The highest BCUT2D eigenvalue weighted by Gasteiger charge is 2.22. The summed E-state index contributed by atoms with van der Waals surface area (Å²) in [5.41, 5.74) is 0. The summed E-state index contributed by atoms with van der Waals surface area (Å²) < 4.78 is 29.9. The third-order valence-electron chi connectivity index (χ3n) is 1.13. The second-order valence-electron chi connectivity index (χ2n) is 2.22. The summed E-state index contributed by atoms with van der Waals surface area (Å²) in [5.74, 6) is -0.678. The fourth-order valence-electron chi connectivity index (χ4n) is 0.616. The summed E-state index contributed by atoms with van der Waals surface area (Å²) in [7, 11) is -2.41. The van der Waals surface area contributed by atoms with Crippen molar-refractivity contribution in [3.63, 3.8) is 0 Å². The zero-order valence-electron chi connectivity index (χ0n) is 7.23. The van der Waals surface area contributed by atoms with Crippen molar-refractivity contribution in [2.45, 2.75) is 19.4 Å². The molecule has 0 aromatic heterocycles. The first-order valence-corrected chi connectivity index (χ1v) is 5.18. The largest absolute Gasteiger partial charge is 0.467 e. The molecule has 12 heavy (non-hydrogen) atoms. The standard InChI is InChI=1S/C6H12O5S/c1-4-5(6(7)10-2)11-12(3,8)9/h5H,4H2,1-3H3. The molecule has 72 valence electrons. The van der Waals surface area contributed by atoms with Gasteiger partial charge in [0.05, 0.1) is 13.4 Å². The molecule has 0 N–H and O–H groups in total. The Kier molecular flexibility index (Phi) is 4.19. The summed E-state index contributed by atoms with van der Waals surface area (Å²) >= 11 is 0. The Balaban J connectivity index is 4.29. The molecule has 0 rings (SSSR count). The minimum absolute atomic E-state index is 0.264. The van der Waals surface area contributed by atoms with E-state index in [1.807, 2.05) is 0 Å². The van der Waals surface area contributed by atoms with Crippen molar-refractivity contribution >= 4 is 16.1 Å². The molecule has 0 saturated carbocycles. The van der Waals surface area contributed by atoms with E-state index in [1.165, 1.54) is 7.11 Å². The van der Waals surface area contributed by atoms with Crippen LogP contribution in [0.2, 0.25) is 0 Å². The molecule has 0 fully saturated rings. The highest BCUT2D eigenvalue weighted by atomic mass is 32.2. The van der Waals surface area contributed by atoms with Crippen LogP contribution in [0.1, 0.15) is 13.3 Å². The Hall–Kier alpha value is -0.620. The molecular formula is C6H12O5S. The van der Waals surface area contributed by atoms with Gasteiger partial charge in [-0.25, -0.2) is 4.79 Å². The van der Waals surface area contributed by atoms with E-state index in [9.17, 15) is 13.2 Å². The maximum absolute atomic E-state index is 10.8. The maximum Gasteiger partial charge on any atom is 0.336 e. The number of esters is 1. The molecule has 0 radical (unpaired) electrons. The van der Waals surface area contributed by atoms with Gasteiger partial charge in [-0.15, -0.1) is 0 Å². The van der Waals surface area contributed by atoms with Crippen molar-refractivity contribution in [3.05, 3.63) is 0 Å². The molecule has 1 unspecified atom stereocenters. The molecule has 0 aliphatic carbocycles. The Morgan fingerprint density at radius 2 is 2.00 bits per heavy atom. The van der Waals surface area contributed by atoms with Crippen LogP contribution >= 0.6 is 0 Å². The van der Waals surface area contributed by atoms with Gasteiger partial charge in [-0.2, -0.15) is 8.42 Å². The Morgan fingerprint density at radius 3 is 2.25 bits per heavy atom. The topological polar surface area (TPSA) is 69.7 Å². The second kappa shape index (κ2) is 4.42. The molecule has 0 aromatic carbocycles. The minimum Gasteiger partial charge on any atom is -0.467 e. The molecular weight excluding hydrogens is 184 g/mol. The monoisotopic (exact) mass is 196 g/mol. The molecule has 5 nitrogen and oxygen atoms in total.